The molecule has 0 aliphatic heterocycles. The Kier molecular flexibility index (Phi) is 2.68. The van der Waals surface area contributed by atoms with Gasteiger partial charge in [0, 0.05) is 6.21 Å². The fraction of sp³-hybridized carbons (Fsp3) is 0.0769. The van der Waals surface area contributed by atoms with Gasteiger partial charge in [0.1, 0.15) is 0 Å². The van der Waals surface area contributed by atoms with Crippen LogP contribution in [0.5, 0.6) is 0 Å². The van der Waals surface area contributed by atoms with Crippen molar-refractivity contribution in [3.63, 3.8) is 0 Å². The summed E-state index contributed by atoms with van der Waals surface area (Å²) >= 11 is 0. The van der Waals surface area contributed by atoms with E-state index in [1.807, 2.05) is 24.3 Å². The van der Waals surface area contributed by atoms with E-state index in [0.717, 1.165) is 16.3 Å². The average molecular weight is 213 g/mol. The molecule has 0 fully saturated rings. The number of fused-ring (bicyclic) bond motifs is 1. The Balaban J connectivity index is 2.79. The maximum Gasteiger partial charge on any atom is 0.338 e. The molecule has 1 N–H and O–H groups in total. The summed E-state index contributed by atoms with van der Waals surface area (Å²) in [6.07, 6.45) is 1.28. The van der Waals surface area contributed by atoms with Crippen LogP contribution in [0.3, 0.4) is 0 Å². The third-order valence-corrected chi connectivity index (χ3v) is 2.52. The molecule has 0 aliphatic rings. The van der Waals surface area contributed by atoms with Gasteiger partial charge in [0.15, 0.2) is 0 Å². The number of rotatable bonds is 2. The van der Waals surface area contributed by atoms with Crippen LogP contribution in [-0.4, -0.2) is 19.3 Å². The first kappa shape index (κ1) is 10.4. The molecule has 0 spiro atoms. The summed E-state index contributed by atoms with van der Waals surface area (Å²) in [6, 6.07) is 10.9. The lowest BCUT2D eigenvalue weighted by Crippen LogP contribution is -2.02. The van der Waals surface area contributed by atoms with E-state index in [1.54, 1.807) is 12.1 Å². The second-order valence-electron chi connectivity index (χ2n) is 3.38. The molecule has 0 amide bonds. The first-order chi connectivity index (χ1) is 7.77. The number of carbonyl (C=O) groups excluding carboxylic acids is 1. The van der Waals surface area contributed by atoms with E-state index in [1.165, 1.54) is 13.3 Å². The number of hydrogen-bond donors (Lipinski definition) is 1. The van der Waals surface area contributed by atoms with Gasteiger partial charge in [0.2, 0.25) is 0 Å². The van der Waals surface area contributed by atoms with Crippen molar-refractivity contribution in [3.05, 3.63) is 47.5 Å². The van der Waals surface area contributed by atoms with Gasteiger partial charge in [-0.25, -0.2) is 4.79 Å². The molecule has 2 rings (SSSR count). The lowest BCUT2D eigenvalue weighted by molar-refractivity contribution is 0.0603. The van der Waals surface area contributed by atoms with Crippen LogP contribution in [0.4, 0.5) is 0 Å². The number of carbonyl (C=O) groups is 1. The predicted molar refractivity (Wildman–Crippen MR) is 63.2 cm³/mol. The van der Waals surface area contributed by atoms with Gasteiger partial charge in [-0.15, -0.1) is 0 Å². The maximum atomic E-state index is 11.5. The molecule has 0 unspecified atom stereocenters. The van der Waals surface area contributed by atoms with Crippen molar-refractivity contribution in [3.8, 4) is 0 Å². The van der Waals surface area contributed by atoms with Gasteiger partial charge in [0.05, 0.1) is 12.7 Å². The lowest BCUT2D eigenvalue weighted by atomic mass is 10.00. The fourth-order valence-corrected chi connectivity index (χ4v) is 1.74. The quantitative estimate of drug-likeness (QED) is 0.615. The summed E-state index contributed by atoms with van der Waals surface area (Å²) in [5, 5.41) is 9.01. The molecule has 2 aromatic carbocycles. The molecule has 0 saturated heterocycles. The molecule has 3 heteroatoms. The van der Waals surface area contributed by atoms with Crippen molar-refractivity contribution in [2.24, 2.45) is 0 Å². The first-order valence-electron chi connectivity index (χ1n) is 4.88. The van der Waals surface area contributed by atoms with Crippen LogP contribution in [0.2, 0.25) is 0 Å². The van der Waals surface area contributed by atoms with Crippen molar-refractivity contribution in [2.45, 2.75) is 0 Å². The molecule has 80 valence electrons. The summed E-state index contributed by atoms with van der Waals surface area (Å²) in [4.78, 5) is 11.5. The molecule has 0 aromatic heterocycles. The number of ether oxygens (including phenoxy) is 1. The summed E-state index contributed by atoms with van der Waals surface area (Å²) in [7, 11) is 1.36. The Morgan fingerprint density at radius 1 is 1.19 bits per heavy atom. The van der Waals surface area contributed by atoms with E-state index in [-0.39, 0.29) is 5.97 Å². The molecular formula is C13H11NO2. The highest BCUT2D eigenvalue weighted by Gasteiger charge is 2.11. The Bertz CT molecular complexity index is 561. The maximum absolute atomic E-state index is 11.5. The van der Waals surface area contributed by atoms with Crippen LogP contribution in [0.1, 0.15) is 15.9 Å². The van der Waals surface area contributed by atoms with E-state index >= 15 is 0 Å². The molecule has 0 aliphatic carbocycles. The van der Waals surface area contributed by atoms with Crippen molar-refractivity contribution in [2.75, 3.05) is 7.11 Å². The van der Waals surface area contributed by atoms with Crippen molar-refractivity contribution >= 4 is 23.0 Å². The first-order valence-corrected chi connectivity index (χ1v) is 4.88. The van der Waals surface area contributed by atoms with E-state index in [9.17, 15) is 4.79 Å². The zero-order valence-electron chi connectivity index (χ0n) is 8.86. The van der Waals surface area contributed by atoms with Crippen molar-refractivity contribution < 1.29 is 9.53 Å². The largest absolute Gasteiger partial charge is 0.465 e. The number of nitrogens with one attached hydrogen (secondary N) is 1. The van der Waals surface area contributed by atoms with Crippen LogP contribution in [0.15, 0.2) is 36.4 Å². The van der Waals surface area contributed by atoms with Crippen LogP contribution in [0.25, 0.3) is 10.8 Å². The van der Waals surface area contributed by atoms with Gasteiger partial charge in [-0.3, -0.25) is 0 Å². The van der Waals surface area contributed by atoms with E-state index < -0.39 is 0 Å². The molecule has 0 atom stereocenters. The average Bonchev–Trinajstić information content (AvgIpc) is 2.36. The Morgan fingerprint density at radius 2 is 1.88 bits per heavy atom. The van der Waals surface area contributed by atoms with Crippen LogP contribution in [0, 0.1) is 5.41 Å². The van der Waals surface area contributed by atoms with Gasteiger partial charge in [-0.2, -0.15) is 0 Å². The highest BCUT2D eigenvalue weighted by Crippen LogP contribution is 2.22. The molecule has 3 nitrogen and oxygen atoms in total. The third kappa shape index (κ3) is 1.56. The SMILES string of the molecule is COC(=O)c1ccc(C=N)c2ccccc12. The van der Waals surface area contributed by atoms with Gasteiger partial charge < -0.3 is 10.1 Å². The summed E-state index contributed by atoms with van der Waals surface area (Å²) in [6.45, 7) is 0. The van der Waals surface area contributed by atoms with Crippen LogP contribution in [-0.2, 0) is 4.74 Å². The van der Waals surface area contributed by atoms with Crippen molar-refractivity contribution in [1.82, 2.24) is 0 Å². The normalized spacial score (nSPS) is 10.1. The van der Waals surface area contributed by atoms with Gasteiger partial charge in [0.25, 0.3) is 0 Å². The van der Waals surface area contributed by atoms with E-state index in [4.69, 9.17) is 10.1 Å². The van der Waals surface area contributed by atoms with E-state index in [0.29, 0.717) is 5.56 Å². The van der Waals surface area contributed by atoms with Gasteiger partial charge >= 0.3 is 5.97 Å². The smallest absolute Gasteiger partial charge is 0.338 e. The number of methoxy groups -OCH3 is 1. The second-order valence-corrected chi connectivity index (χ2v) is 3.38. The number of hydrogen-bond acceptors (Lipinski definition) is 3. The molecular weight excluding hydrogens is 202 g/mol. The molecule has 0 saturated carbocycles. The van der Waals surface area contributed by atoms with E-state index in [2.05, 4.69) is 0 Å². The zero-order chi connectivity index (χ0) is 11.5. The molecule has 0 bridgehead atoms. The number of benzene rings is 2. The second kappa shape index (κ2) is 4.14. The number of esters is 1. The highest BCUT2D eigenvalue weighted by molar-refractivity contribution is 6.09. The monoisotopic (exact) mass is 213 g/mol. The summed E-state index contributed by atoms with van der Waals surface area (Å²) in [5.74, 6) is -0.354. The molecule has 16 heavy (non-hydrogen) atoms. The third-order valence-electron chi connectivity index (χ3n) is 2.52. The standard InChI is InChI=1S/C13H11NO2/c1-16-13(15)12-7-6-9(8-14)10-4-2-3-5-11(10)12/h2-8,14H,1H3. The molecule has 2 aromatic rings. The highest BCUT2D eigenvalue weighted by atomic mass is 16.5. The fourth-order valence-electron chi connectivity index (χ4n) is 1.74. The van der Waals surface area contributed by atoms with Gasteiger partial charge in [-0.1, -0.05) is 30.3 Å². The Labute approximate surface area is 93.2 Å². The minimum Gasteiger partial charge on any atom is -0.465 e. The minimum atomic E-state index is -0.354. The Morgan fingerprint density at radius 3 is 2.50 bits per heavy atom. The van der Waals surface area contributed by atoms with Gasteiger partial charge in [-0.05, 0) is 22.4 Å². The van der Waals surface area contributed by atoms with Crippen LogP contribution >= 0.6 is 0 Å². The predicted octanol–water partition coefficient (Wildman–Crippen LogP) is 2.62. The zero-order valence-corrected chi connectivity index (χ0v) is 8.86. The summed E-state index contributed by atoms with van der Waals surface area (Å²) < 4.78 is 4.72. The van der Waals surface area contributed by atoms with Crippen molar-refractivity contribution in [1.29, 1.82) is 5.41 Å². The lowest BCUT2D eigenvalue weighted by Gasteiger charge is -2.06. The summed E-state index contributed by atoms with van der Waals surface area (Å²) in [5.41, 5.74) is 1.33. The molecule has 0 radical (unpaired) electrons. The minimum absolute atomic E-state index is 0.354. The topological polar surface area (TPSA) is 50.2 Å². The Hall–Kier alpha value is -2.16. The van der Waals surface area contributed by atoms with Crippen LogP contribution < -0.4 is 0 Å². The molecule has 0 heterocycles.